The quantitative estimate of drug-likeness (QED) is 0.815. The molecule has 1 heterocycles. The molecule has 0 spiro atoms. The normalized spacial score (nSPS) is 16.3. The number of nitrogens with zero attached hydrogens (tertiary/aromatic N) is 1. The molecule has 2 aromatic carbocycles. The monoisotopic (exact) mass is 248 g/mol. The van der Waals surface area contributed by atoms with E-state index in [9.17, 15) is 4.79 Å². The van der Waals surface area contributed by atoms with Crippen LogP contribution < -0.4 is 5.43 Å². The van der Waals surface area contributed by atoms with Crippen LogP contribution in [0, 0.1) is 0 Å². The van der Waals surface area contributed by atoms with E-state index in [1.807, 2.05) is 66.7 Å². The minimum atomic E-state index is -0.164. The molecular weight excluding hydrogens is 236 g/mol. The molecular formula is C16H12N2O. The van der Waals surface area contributed by atoms with E-state index in [0.29, 0.717) is 11.3 Å². The molecule has 3 nitrogen and oxygen atoms in total. The predicted octanol–water partition coefficient (Wildman–Crippen LogP) is 2.60. The molecule has 0 atom stereocenters. The van der Waals surface area contributed by atoms with Gasteiger partial charge in [0.2, 0.25) is 0 Å². The standard InChI is InChI=1S/C16H12N2O/c19-16-14(11-12-7-3-1-4-8-12)15(17-18-16)13-9-5-2-6-10-13/h1-11H,(H,18,19). The molecule has 0 aliphatic carbocycles. The fraction of sp³-hybridized carbons (Fsp3) is 0. The number of hydrazone groups is 1. The van der Waals surface area contributed by atoms with Crippen molar-refractivity contribution in [2.24, 2.45) is 5.10 Å². The van der Waals surface area contributed by atoms with Gasteiger partial charge in [-0.25, -0.2) is 5.43 Å². The van der Waals surface area contributed by atoms with E-state index in [2.05, 4.69) is 10.5 Å². The van der Waals surface area contributed by atoms with Crippen LogP contribution in [0.3, 0.4) is 0 Å². The van der Waals surface area contributed by atoms with Crippen molar-refractivity contribution in [1.82, 2.24) is 5.43 Å². The molecule has 3 heteroatoms. The second-order valence-corrected chi connectivity index (χ2v) is 4.24. The second-order valence-electron chi connectivity index (χ2n) is 4.24. The van der Waals surface area contributed by atoms with E-state index in [1.165, 1.54) is 0 Å². The smallest absolute Gasteiger partial charge is 0.267 e. The number of rotatable bonds is 2. The van der Waals surface area contributed by atoms with Gasteiger partial charge in [0.05, 0.1) is 5.57 Å². The predicted molar refractivity (Wildman–Crippen MR) is 75.5 cm³/mol. The number of amides is 1. The van der Waals surface area contributed by atoms with Gasteiger partial charge in [0, 0.05) is 5.56 Å². The Balaban J connectivity index is 2.02. The van der Waals surface area contributed by atoms with Crippen molar-refractivity contribution < 1.29 is 4.79 Å². The van der Waals surface area contributed by atoms with Gasteiger partial charge in [0.15, 0.2) is 0 Å². The van der Waals surface area contributed by atoms with E-state index in [1.54, 1.807) is 0 Å². The first-order chi connectivity index (χ1) is 9.34. The van der Waals surface area contributed by atoms with Crippen LogP contribution in [-0.4, -0.2) is 11.6 Å². The Labute approximate surface area is 111 Å². The topological polar surface area (TPSA) is 41.5 Å². The SMILES string of the molecule is O=C1NN=C(c2ccccc2)C1=Cc1ccccc1. The summed E-state index contributed by atoms with van der Waals surface area (Å²) in [6, 6.07) is 19.4. The Morgan fingerprint density at radius 3 is 2.21 bits per heavy atom. The molecule has 92 valence electrons. The van der Waals surface area contributed by atoms with Gasteiger partial charge in [0.25, 0.3) is 5.91 Å². The van der Waals surface area contributed by atoms with Crippen LogP contribution in [0.15, 0.2) is 71.3 Å². The average Bonchev–Trinajstić information content (AvgIpc) is 2.82. The van der Waals surface area contributed by atoms with Crippen molar-refractivity contribution >= 4 is 17.7 Å². The number of hydrogen-bond acceptors (Lipinski definition) is 2. The third-order valence-corrected chi connectivity index (χ3v) is 2.93. The largest absolute Gasteiger partial charge is 0.273 e. The van der Waals surface area contributed by atoms with Crippen molar-refractivity contribution in [1.29, 1.82) is 0 Å². The van der Waals surface area contributed by atoms with E-state index < -0.39 is 0 Å². The van der Waals surface area contributed by atoms with Crippen molar-refractivity contribution in [2.75, 3.05) is 0 Å². The first kappa shape index (κ1) is 11.4. The van der Waals surface area contributed by atoms with Gasteiger partial charge in [-0.05, 0) is 11.6 Å². The highest BCUT2D eigenvalue weighted by Crippen LogP contribution is 2.17. The summed E-state index contributed by atoms with van der Waals surface area (Å²) in [7, 11) is 0. The third kappa shape index (κ3) is 2.31. The zero-order valence-electron chi connectivity index (χ0n) is 10.2. The lowest BCUT2D eigenvalue weighted by molar-refractivity contribution is -0.116. The van der Waals surface area contributed by atoms with Crippen molar-refractivity contribution in [3.63, 3.8) is 0 Å². The van der Waals surface area contributed by atoms with Gasteiger partial charge in [-0.3, -0.25) is 4.79 Å². The average molecular weight is 248 g/mol. The summed E-state index contributed by atoms with van der Waals surface area (Å²) in [5.74, 6) is -0.164. The Morgan fingerprint density at radius 2 is 1.53 bits per heavy atom. The molecule has 1 aliphatic heterocycles. The number of nitrogens with one attached hydrogen (secondary N) is 1. The highest BCUT2D eigenvalue weighted by Gasteiger charge is 2.23. The zero-order chi connectivity index (χ0) is 13.1. The number of carbonyl (C=O) groups is 1. The summed E-state index contributed by atoms with van der Waals surface area (Å²) < 4.78 is 0. The molecule has 0 saturated carbocycles. The molecule has 2 aromatic rings. The van der Waals surface area contributed by atoms with Gasteiger partial charge >= 0.3 is 0 Å². The molecule has 0 aromatic heterocycles. The molecule has 1 aliphatic rings. The molecule has 1 amide bonds. The zero-order valence-corrected chi connectivity index (χ0v) is 10.2. The second kappa shape index (κ2) is 4.90. The first-order valence-corrected chi connectivity index (χ1v) is 6.05. The van der Waals surface area contributed by atoms with Crippen LogP contribution >= 0.6 is 0 Å². The molecule has 0 fully saturated rings. The van der Waals surface area contributed by atoms with Gasteiger partial charge in [-0.2, -0.15) is 5.10 Å². The fourth-order valence-corrected chi connectivity index (χ4v) is 2.00. The summed E-state index contributed by atoms with van der Waals surface area (Å²) in [5.41, 5.74) is 5.72. The van der Waals surface area contributed by atoms with Crippen LogP contribution in [0.2, 0.25) is 0 Å². The summed E-state index contributed by atoms with van der Waals surface area (Å²) >= 11 is 0. The highest BCUT2D eigenvalue weighted by molar-refractivity contribution is 6.33. The van der Waals surface area contributed by atoms with E-state index in [4.69, 9.17) is 0 Å². The lowest BCUT2D eigenvalue weighted by atomic mass is 10.0. The molecule has 0 radical (unpaired) electrons. The first-order valence-electron chi connectivity index (χ1n) is 6.05. The van der Waals surface area contributed by atoms with Gasteiger partial charge in [-0.1, -0.05) is 60.7 Å². The van der Waals surface area contributed by atoms with Crippen LogP contribution in [0.4, 0.5) is 0 Å². The van der Waals surface area contributed by atoms with Gasteiger partial charge in [-0.15, -0.1) is 0 Å². The molecule has 3 rings (SSSR count). The van der Waals surface area contributed by atoms with E-state index >= 15 is 0 Å². The lowest BCUT2D eigenvalue weighted by Crippen LogP contribution is -2.13. The van der Waals surface area contributed by atoms with Crippen molar-refractivity contribution in [3.05, 3.63) is 77.4 Å². The van der Waals surface area contributed by atoms with E-state index in [0.717, 1.165) is 11.1 Å². The van der Waals surface area contributed by atoms with Crippen LogP contribution in [0.5, 0.6) is 0 Å². The minimum Gasteiger partial charge on any atom is -0.267 e. The Kier molecular flexibility index (Phi) is 2.94. The van der Waals surface area contributed by atoms with Gasteiger partial charge in [0.1, 0.15) is 5.71 Å². The molecule has 1 N–H and O–H groups in total. The maximum absolute atomic E-state index is 11.9. The molecule has 0 saturated heterocycles. The summed E-state index contributed by atoms with van der Waals surface area (Å²) in [6.07, 6.45) is 1.86. The number of benzene rings is 2. The Hall–Kier alpha value is -2.68. The Morgan fingerprint density at radius 1 is 0.895 bits per heavy atom. The molecule has 0 bridgehead atoms. The minimum absolute atomic E-state index is 0.164. The molecule has 19 heavy (non-hydrogen) atoms. The maximum Gasteiger partial charge on any atom is 0.273 e. The summed E-state index contributed by atoms with van der Waals surface area (Å²) in [6.45, 7) is 0. The van der Waals surface area contributed by atoms with Crippen LogP contribution in [0.1, 0.15) is 11.1 Å². The van der Waals surface area contributed by atoms with Crippen molar-refractivity contribution in [2.45, 2.75) is 0 Å². The van der Waals surface area contributed by atoms with Gasteiger partial charge < -0.3 is 0 Å². The summed E-state index contributed by atoms with van der Waals surface area (Å²) in [5, 5.41) is 4.11. The summed E-state index contributed by atoms with van der Waals surface area (Å²) in [4.78, 5) is 11.9. The fourth-order valence-electron chi connectivity index (χ4n) is 2.00. The van der Waals surface area contributed by atoms with Crippen molar-refractivity contribution in [3.8, 4) is 0 Å². The van der Waals surface area contributed by atoms with Crippen LogP contribution in [0.25, 0.3) is 6.08 Å². The number of hydrogen-bond donors (Lipinski definition) is 1. The van der Waals surface area contributed by atoms with Crippen LogP contribution in [-0.2, 0) is 4.79 Å². The highest BCUT2D eigenvalue weighted by atomic mass is 16.2. The molecule has 0 unspecified atom stereocenters. The Bertz CT molecular complexity index is 658. The third-order valence-electron chi connectivity index (χ3n) is 2.93. The van der Waals surface area contributed by atoms with E-state index in [-0.39, 0.29) is 5.91 Å². The number of carbonyl (C=O) groups excluding carboxylic acids is 1. The lowest BCUT2D eigenvalue weighted by Gasteiger charge is -2.01. The maximum atomic E-state index is 11.9.